The second-order valence-corrected chi connectivity index (χ2v) is 6.67. The standard InChI is InChI=1S/C20H26N2O2/c1-15-7-8-17(12-16(15)2)13-20(23)21-14-18(19-6-5-11-24-19)22-9-3-4-10-22/h5-8,11-12,18H,3-4,9-10,13-14H2,1-2H3,(H,21,23)/t18-/m1/s1. The minimum absolute atomic E-state index is 0.0639. The van der Waals surface area contributed by atoms with Crippen LogP contribution in [0.5, 0.6) is 0 Å². The van der Waals surface area contributed by atoms with Crippen molar-refractivity contribution in [3.05, 3.63) is 59.0 Å². The average Bonchev–Trinajstić information content (AvgIpc) is 3.25. The van der Waals surface area contributed by atoms with E-state index in [9.17, 15) is 4.79 Å². The number of amides is 1. The Hall–Kier alpha value is -2.07. The number of carbonyl (C=O) groups excluding carboxylic acids is 1. The SMILES string of the molecule is Cc1ccc(CC(=O)NC[C@H](c2ccco2)N2CCCC2)cc1C. The Kier molecular flexibility index (Phi) is 5.36. The van der Waals surface area contributed by atoms with Gasteiger partial charge in [0, 0.05) is 6.54 Å². The summed E-state index contributed by atoms with van der Waals surface area (Å²) >= 11 is 0. The van der Waals surface area contributed by atoms with Crippen molar-refractivity contribution in [2.24, 2.45) is 0 Å². The summed E-state index contributed by atoms with van der Waals surface area (Å²) in [5.41, 5.74) is 3.54. The van der Waals surface area contributed by atoms with E-state index < -0.39 is 0 Å². The van der Waals surface area contributed by atoms with E-state index in [1.54, 1.807) is 6.26 Å². The largest absolute Gasteiger partial charge is 0.468 e. The highest BCUT2D eigenvalue weighted by molar-refractivity contribution is 5.78. The van der Waals surface area contributed by atoms with Crippen molar-refractivity contribution in [2.45, 2.75) is 39.2 Å². The van der Waals surface area contributed by atoms with Gasteiger partial charge in [0.15, 0.2) is 0 Å². The third-order valence-electron chi connectivity index (χ3n) is 4.88. The summed E-state index contributed by atoms with van der Waals surface area (Å²) in [6.07, 6.45) is 4.56. The minimum Gasteiger partial charge on any atom is -0.468 e. The second-order valence-electron chi connectivity index (χ2n) is 6.67. The predicted octanol–water partition coefficient (Wildman–Crippen LogP) is 3.39. The number of carbonyl (C=O) groups is 1. The first-order valence-electron chi connectivity index (χ1n) is 8.74. The van der Waals surface area contributed by atoms with Gasteiger partial charge in [0.1, 0.15) is 5.76 Å². The van der Waals surface area contributed by atoms with Crippen molar-refractivity contribution in [2.75, 3.05) is 19.6 Å². The molecule has 1 N–H and O–H groups in total. The molecule has 1 amide bonds. The lowest BCUT2D eigenvalue weighted by Gasteiger charge is -2.26. The number of likely N-dealkylation sites (tertiary alicyclic amines) is 1. The Bertz CT molecular complexity index is 673. The van der Waals surface area contributed by atoms with E-state index in [2.05, 4.69) is 36.2 Å². The van der Waals surface area contributed by atoms with Crippen LogP contribution in [0.2, 0.25) is 0 Å². The zero-order valence-electron chi connectivity index (χ0n) is 14.5. The third-order valence-corrected chi connectivity index (χ3v) is 4.88. The lowest BCUT2D eigenvalue weighted by molar-refractivity contribution is -0.120. The van der Waals surface area contributed by atoms with Crippen LogP contribution in [0.4, 0.5) is 0 Å². The maximum absolute atomic E-state index is 12.3. The van der Waals surface area contributed by atoms with Crippen LogP contribution >= 0.6 is 0 Å². The Morgan fingerprint density at radius 1 is 1.21 bits per heavy atom. The van der Waals surface area contributed by atoms with E-state index in [0.717, 1.165) is 24.4 Å². The Morgan fingerprint density at radius 3 is 2.67 bits per heavy atom. The Morgan fingerprint density at radius 2 is 2.00 bits per heavy atom. The van der Waals surface area contributed by atoms with Gasteiger partial charge in [-0.25, -0.2) is 0 Å². The predicted molar refractivity (Wildman–Crippen MR) is 94.9 cm³/mol. The molecule has 0 bridgehead atoms. The molecule has 4 heteroatoms. The van der Waals surface area contributed by atoms with Crippen molar-refractivity contribution >= 4 is 5.91 Å². The fourth-order valence-electron chi connectivity index (χ4n) is 3.32. The molecule has 0 saturated carbocycles. The molecule has 1 aliphatic rings. The van der Waals surface area contributed by atoms with Crippen LogP contribution in [0.3, 0.4) is 0 Å². The van der Waals surface area contributed by atoms with Crippen molar-refractivity contribution in [3.63, 3.8) is 0 Å². The van der Waals surface area contributed by atoms with Crippen LogP contribution in [0.15, 0.2) is 41.0 Å². The first-order valence-corrected chi connectivity index (χ1v) is 8.74. The van der Waals surface area contributed by atoms with Crippen LogP contribution in [0.1, 0.15) is 41.3 Å². The second kappa shape index (κ2) is 7.67. The van der Waals surface area contributed by atoms with E-state index in [4.69, 9.17) is 4.42 Å². The molecule has 4 nitrogen and oxygen atoms in total. The summed E-state index contributed by atoms with van der Waals surface area (Å²) < 4.78 is 5.59. The molecule has 1 saturated heterocycles. The van der Waals surface area contributed by atoms with Crippen molar-refractivity contribution in [1.82, 2.24) is 10.2 Å². The van der Waals surface area contributed by atoms with E-state index in [0.29, 0.717) is 13.0 Å². The molecule has 0 aliphatic carbocycles. The first-order chi connectivity index (χ1) is 11.6. The van der Waals surface area contributed by atoms with Gasteiger partial charge in [0.05, 0.1) is 18.7 Å². The molecular weight excluding hydrogens is 300 g/mol. The summed E-state index contributed by atoms with van der Waals surface area (Å²) in [6, 6.07) is 10.2. The highest BCUT2D eigenvalue weighted by Gasteiger charge is 2.25. The smallest absolute Gasteiger partial charge is 0.224 e. The Labute approximate surface area is 143 Å². The van der Waals surface area contributed by atoms with Crippen molar-refractivity contribution < 1.29 is 9.21 Å². The summed E-state index contributed by atoms with van der Waals surface area (Å²) in [7, 11) is 0. The molecule has 1 fully saturated rings. The van der Waals surface area contributed by atoms with Crippen LogP contribution in [0.25, 0.3) is 0 Å². The molecular formula is C20H26N2O2. The van der Waals surface area contributed by atoms with Gasteiger partial charge in [-0.2, -0.15) is 0 Å². The highest BCUT2D eigenvalue weighted by Crippen LogP contribution is 2.24. The molecule has 1 aromatic heterocycles. The molecule has 2 heterocycles. The number of nitrogens with one attached hydrogen (secondary N) is 1. The zero-order chi connectivity index (χ0) is 16.9. The van der Waals surface area contributed by atoms with Crippen LogP contribution in [0, 0.1) is 13.8 Å². The van der Waals surface area contributed by atoms with E-state index in [1.807, 2.05) is 18.2 Å². The van der Waals surface area contributed by atoms with Crippen LogP contribution in [-0.4, -0.2) is 30.4 Å². The number of aryl methyl sites for hydroxylation is 2. The molecule has 128 valence electrons. The molecule has 1 aliphatic heterocycles. The van der Waals surface area contributed by atoms with E-state index >= 15 is 0 Å². The fraction of sp³-hybridized carbons (Fsp3) is 0.450. The molecule has 2 aromatic rings. The average molecular weight is 326 g/mol. The molecule has 0 unspecified atom stereocenters. The van der Waals surface area contributed by atoms with Gasteiger partial charge in [0.2, 0.25) is 5.91 Å². The number of furan rings is 1. The van der Waals surface area contributed by atoms with Gasteiger partial charge >= 0.3 is 0 Å². The minimum atomic E-state index is 0.0639. The normalized spacial score (nSPS) is 16.2. The maximum atomic E-state index is 12.3. The monoisotopic (exact) mass is 326 g/mol. The summed E-state index contributed by atoms with van der Waals surface area (Å²) in [5.74, 6) is 0.998. The number of nitrogens with zero attached hydrogens (tertiary/aromatic N) is 1. The van der Waals surface area contributed by atoms with Gasteiger partial charge < -0.3 is 9.73 Å². The third kappa shape index (κ3) is 4.06. The van der Waals surface area contributed by atoms with E-state index in [-0.39, 0.29) is 11.9 Å². The summed E-state index contributed by atoms with van der Waals surface area (Å²) in [4.78, 5) is 14.7. The van der Waals surface area contributed by atoms with Crippen molar-refractivity contribution in [3.8, 4) is 0 Å². The van der Waals surface area contributed by atoms with Gasteiger partial charge in [-0.3, -0.25) is 9.69 Å². The first kappa shape index (κ1) is 16.8. The number of benzene rings is 1. The lowest BCUT2D eigenvalue weighted by atomic mass is 10.0. The Balaban J connectivity index is 1.59. The topological polar surface area (TPSA) is 45.5 Å². The number of hydrogen-bond donors (Lipinski definition) is 1. The van der Waals surface area contributed by atoms with Gasteiger partial charge in [-0.05, 0) is 68.6 Å². The van der Waals surface area contributed by atoms with Gasteiger partial charge in [0.25, 0.3) is 0 Å². The zero-order valence-corrected chi connectivity index (χ0v) is 14.5. The van der Waals surface area contributed by atoms with Crippen molar-refractivity contribution in [1.29, 1.82) is 0 Å². The lowest BCUT2D eigenvalue weighted by Crippen LogP contribution is -2.37. The molecule has 3 rings (SSSR count). The molecule has 1 atom stereocenters. The van der Waals surface area contributed by atoms with Gasteiger partial charge in [-0.15, -0.1) is 0 Å². The maximum Gasteiger partial charge on any atom is 0.224 e. The van der Waals surface area contributed by atoms with Gasteiger partial charge in [-0.1, -0.05) is 18.2 Å². The molecule has 0 radical (unpaired) electrons. The van der Waals surface area contributed by atoms with Crippen LogP contribution < -0.4 is 5.32 Å². The summed E-state index contributed by atoms with van der Waals surface area (Å²) in [6.45, 7) is 6.90. The quantitative estimate of drug-likeness (QED) is 0.885. The van der Waals surface area contributed by atoms with E-state index in [1.165, 1.54) is 24.0 Å². The number of rotatable bonds is 6. The highest BCUT2D eigenvalue weighted by atomic mass is 16.3. The number of hydrogen-bond acceptors (Lipinski definition) is 3. The molecule has 0 spiro atoms. The molecule has 24 heavy (non-hydrogen) atoms. The fourth-order valence-corrected chi connectivity index (χ4v) is 3.32. The summed E-state index contributed by atoms with van der Waals surface area (Å²) in [5, 5.41) is 3.09. The molecule has 1 aromatic carbocycles. The van der Waals surface area contributed by atoms with Crippen LogP contribution in [-0.2, 0) is 11.2 Å².